The number of hydrogen-bond acceptors (Lipinski definition) is 1. The molecule has 4 aliphatic carbocycles. The van der Waals surface area contributed by atoms with E-state index < -0.39 is 11.6 Å². The Hall–Kier alpha value is -1.45. The molecular formula is C31H43F2NO. The molecule has 4 saturated carbocycles. The number of rotatable bonds is 4. The van der Waals surface area contributed by atoms with Crippen LogP contribution in [0.15, 0.2) is 12.1 Å². The van der Waals surface area contributed by atoms with Crippen molar-refractivity contribution < 1.29 is 13.6 Å². The number of halogens is 2. The second-order valence-corrected chi connectivity index (χ2v) is 13.3. The van der Waals surface area contributed by atoms with E-state index >= 15 is 0 Å². The fourth-order valence-electron chi connectivity index (χ4n) is 10.2. The molecule has 1 amide bonds. The molecular weight excluding hydrogens is 440 g/mol. The van der Waals surface area contributed by atoms with E-state index in [1.807, 2.05) is 0 Å². The largest absolute Gasteiger partial charge is 0.312 e. The summed E-state index contributed by atoms with van der Waals surface area (Å²) in [4.78, 5) is 14.7. The van der Waals surface area contributed by atoms with Crippen LogP contribution in [0, 0.1) is 52.1 Å². The number of carbonyl (C=O) groups is 1. The highest BCUT2D eigenvalue weighted by molar-refractivity contribution is 5.95. The fourth-order valence-corrected chi connectivity index (χ4v) is 10.2. The molecule has 2 nitrogen and oxygen atoms in total. The van der Waals surface area contributed by atoms with E-state index in [-0.39, 0.29) is 5.91 Å². The molecule has 5 aliphatic rings. The molecule has 0 radical (unpaired) electrons. The van der Waals surface area contributed by atoms with Crippen LogP contribution in [0.4, 0.5) is 14.5 Å². The van der Waals surface area contributed by atoms with Crippen molar-refractivity contribution in [3.8, 4) is 0 Å². The maximum Gasteiger partial charge on any atom is 0.226 e. The van der Waals surface area contributed by atoms with E-state index in [9.17, 15) is 13.6 Å². The average molecular weight is 484 g/mol. The van der Waals surface area contributed by atoms with E-state index in [0.29, 0.717) is 41.5 Å². The molecule has 6 rings (SSSR count). The molecule has 0 bridgehead atoms. The first-order valence-electron chi connectivity index (χ1n) is 14.6. The maximum atomic E-state index is 14.1. The van der Waals surface area contributed by atoms with Crippen molar-refractivity contribution in [3.63, 3.8) is 0 Å². The molecule has 4 heteroatoms. The van der Waals surface area contributed by atoms with Gasteiger partial charge in [-0.1, -0.05) is 26.7 Å². The molecule has 0 aromatic heterocycles. The first kappa shape index (κ1) is 23.9. The molecule has 192 valence electrons. The summed E-state index contributed by atoms with van der Waals surface area (Å²) in [6.45, 7) is 5.72. The van der Waals surface area contributed by atoms with Gasteiger partial charge in [0.1, 0.15) is 0 Å². The van der Waals surface area contributed by atoms with Crippen molar-refractivity contribution >= 4 is 11.6 Å². The van der Waals surface area contributed by atoms with Crippen molar-refractivity contribution in [2.45, 2.75) is 104 Å². The van der Waals surface area contributed by atoms with Gasteiger partial charge in [0.15, 0.2) is 11.6 Å². The lowest BCUT2D eigenvalue weighted by molar-refractivity contribution is -0.119. The highest BCUT2D eigenvalue weighted by Crippen LogP contribution is 2.67. The number of fused-ring (bicyclic) bond motifs is 6. The zero-order chi connectivity index (χ0) is 24.4. The van der Waals surface area contributed by atoms with Gasteiger partial charge in [0.25, 0.3) is 0 Å². The average Bonchev–Trinajstić information content (AvgIpc) is 3.42. The Labute approximate surface area is 210 Å². The summed E-state index contributed by atoms with van der Waals surface area (Å²) in [5.74, 6) is 2.93. The molecule has 1 aliphatic heterocycles. The van der Waals surface area contributed by atoms with Crippen LogP contribution in [-0.4, -0.2) is 12.5 Å². The van der Waals surface area contributed by atoms with Crippen LogP contribution in [-0.2, 0) is 11.2 Å². The summed E-state index contributed by atoms with van der Waals surface area (Å²) in [7, 11) is 0. The highest BCUT2D eigenvalue weighted by Gasteiger charge is 2.59. The topological polar surface area (TPSA) is 20.3 Å². The zero-order valence-electron chi connectivity index (χ0n) is 21.8. The summed E-state index contributed by atoms with van der Waals surface area (Å²) in [6, 6.07) is 2.72. The Balaban J connectivity index is 1.08. The number of anilines is 1. The Morgan fingerprint density at radius 3 is 2.66 bits per heavy atom. The van der Waals surface area contributed by atoms with E-state index in [4.69, 9.17) is 0 Å². The fraction of sp³-hybridized carbons (Fsp3) is 0.774. The predicted molar refractivity (Wildman–Crippen MR) is 136 cm³/mol. The number of amides is 1. The standard InChI is InChI=1S/C31H43F2NO/c1-30-17-4-3-6-20(30)9-11-22-24-12-10-21(31(24,2)18-15-25(22)30)7-5-8-28(35)34-19-16-23-27(34)14-13-26(32)29(23)33/h13-14,20-22,24-25H,3-12,15-19H2,1-2H3. The van der Waals surface area contributed by atoms with Gasteiger partial charge >= 0.3 is 0 Å². The Kier molecular flexibility index (Phi) is 6.04. The Morgan fingerprint density at radius 1 is 0.971 bits per heavy atom. The quantitative estimate of drug-likeness (QED) is 0.424. The zero-order valence-corrected chi connectivity index (χ0v) is 21.8. The van der Waals surface area contributed by atoms with Crippen molar-refractivity contribution in [3.05, 3.63) is 29.3 Å². The minimum Gasteiger partial charge on any atom is -0.312 e. The molecule has 0 N–H and O–H groups in total. The van der Waals surface area contributed by atoms with Crippen LogP contribution in [0.1, 0.15) is 103 Å². The number of carbonyl (C=O) groups excluding carboxylic acids is 1. The minimum absolute atomic E-state index is 0.0710. The SMILES string of the molecule is CC12CCCCC1CCC1C2CCC2(C)C(CCCC(=O)N3CCc4c3ccc(F)c4F)CCC12. The normalized spacial score (nSPS) is 40.1. The molecule has 35 heavy (non-hydrogen) atoms. The van der Waals surface area contributed by atoms with Crippen molar-refractivity contribution in [1.29, 1.82) is 0 Å². The Bertz CT molecular complexity index is 992. The second kappa shape index (κ2) is 8.84. The van der Waals surface area contributed by atoms with E-state index in [1.165, 1.54) is 64.2 Å². The lowest BCUT2D eigenvalue weighted by Crippen LogP contribution is -2.52. The number of benzene rings is 1. The molecule has 0 spiro atoms. The maximum absolute atomic E-state index is 14.1. The van der Waals surface area contributed by atoms with Gasteiger partial charge in [-0.05, 0) is 123 Å². The van der Waals surface area contributed by atoms with Crippen LogP contribution in [0.5, 0.6) is 0 Å². The van der Waals surface area contributed by atoms with Crippen molar-refractivity contribution in [2.24, 2.45) is 40.4 Å². The molecule has 1 aromatic rings. The third-order valence-corrected chi connectivity index (χ3v) is 12.1. The van der Waals surface area contributed by atoms with Gasteiger partial charge in [-0.15, -0.1) is 0 Å². The molecule has 4 fully saturated rings. The summed E-state index contributed by atoms with van der Waals surface area (Å²) >= 11 is 0. The van der Waals surface area contributed by atoms with Gasteiger partial charge in [0.05, 0.1) is 5.69 Å². The van der Waals surface area contributed by atoms with Crippen LogP contribution in [0.2, 0.25) is 0 Å². The summed E-state index contributed by atoms with van der Waals surface area (Å²) in [5.41, 5.74) is 1.99. The third kappa shape index (κ3) is 3.71. The summed E-state index contributed by atoms with van der Waals surface area (Å²) in [5, 5.41) is 0. The lowest BCUT2D eigenvalue weighted by atomic mass is 9.45. The number of hydrogen-bond donors (Lipinski definition) is 0. The van der Waals surface area contributed by atoms with Crippen LogP contribution < -0.4 is 4.90 Å². The van der Waals surface area contributed by atoms with E-state index in [2.05, 4.69) is 13.8 Å². The third-order valence-electron chi connectivity index (χ3n) is 12.1. The lowest BCUT2D eigenvalue weighted by Gasteiger charge is -2.60. The van der Waals surface area contributed by atoms with Gasteiger partial charge in [-0.2, -0.15) is 0 Å². The highest BCUT2D eigenvalue weighted by atomic mass is 19.2. The van der Waals surface area contributed by atoms with Gasteiger partial charge < -0.3 is 4.90 Å². The van der Waals surface area contributed by atoms with Crippen molar-refractivity contribution in [1.82, 2.24) is 0 Å². The van der Waals surface area contributed by atoms with Crippen molar-refractivity contribution in [2.75, 3.05) is 11.4 Å². The monoisotopic (exact) mass is 483 g/mol. The van der Waals surface area contributed by atoms with Gasteiger partial charge in [0.2, 0.25) is 5.91 Å². The molecule has 0 saturated heterocycles. The predicted octanol–water partition coefficient (Wildman–Crippen LogP) is 8.07. The molecule has 1 heterocycles. The Morgan fingerprint density at radius 2 is 1.80 bits per heavy atom. The minimum atomic E-state index is -0.817. The van der Waals surface area contributed by atoms with E-state index in [0.717, 1.165) is 48.5 Å². The van der Waals surface area contributed by atoms with Gasteiger partial charge in [-0.25, -0.2) is 8.78 Å². The first-order chi connectivity index (χ1) is 16.8. The summed E-state index contributed by atoms with van der Waals surface area (Å²) in [6.07, 6.45) is 17.2. The number of nitrogens with zero attached hydrogens (tertiary/aromatic N) is 1. The van der Waals surface area contributed by atoms with Gasteiger partial charge in [-0.3, -0.25) is 4.79 Å². The molecule has 1 aromatic carbocycles. The molecule has 7 atom stereocenters. The van der Waals surface area contributed by atoms with Gasteiger partial charge in [0, 0.05) is 18.5 Å². The van der Waals surface area contributed by atoms with E-state index in [1.54, 1.807) is 11.0 Å². The summed E-state index contributed by atoms with van der Waals surface area (Å²) < 4.78 is 27.7. The van der Waals surface area contributed by atoms with Crippen LogP contribution in [0.25, 0.3) is 0 Å². The second-order valence-electron chi connectivity index (χ2n) is 13.3. The molecule has 7 unspecified atom stereocenters. The van der Waals surface area contributed by atoms with Crippen LogP contribution >= 0.6 is 0 Å². The first-order valence-corrected chi connectivity index (χ1v) is 14.6. The smallest absolute Gasteiger partial charge is 0.226 e. The van der Waals surface area contributed by atoms with Crippen LogP contribution in [0.3, 0.4) is 0 Å².